The third-order valence-electron chi connectivity index (χ3n) is 5.25. The van der Waals surface area contributed by atoms with Crippen molar-refractivity contribution in [3.8, 4) is 11.5 Å². The third kappa shape index (κ3) is 3.81. The van der Waals surface area contributed by atoms with E-state index in [1.807, 2.05) is 36.4 Å². The SMILES string of the molecule is COc1cccc(/C=c2\sc3nc4ccccc4n3c2=O)c1OCc1ccc(C(=O)O)cc1. The Balaban J connectivity index is 1.54. The summed E-state index contributed by atoms with van der Waals surface area (Å²) in [6.45, 7) is 0.212. The standard InChI is InChI=1S/C25H18N2O5S/c1-31-20-8-4-5-17(22(20)32-14-15-9-11-16(12-10-15)24(29)30)13-21-23(28)27-19-7-3-2-6-18(19)26-25(27)33-21/h2-13H,14H2,1H3,(H,29,30)/b21-13-. The van der Waals surface area contributed by atoms with Gasteiger partial charge in [-0.3, -0.25) is 4.79 Å². The number of hydrogen-bond acceptors (Lipinski definition) is 6. The fraction of sp³-hybridized carbons (Fsp3) is 0.0800. The van der Waals surface area contributed by atoms with Crippen LogP contribution in [0.25, 0.3) is 22.1 Å². The molecule has 0 radical (unpaired) electrons. The van der Waals surface area contributed by atoms with Gasteiger partial charge in [-0.1, -0.05) is 47.7 Å². The second kappa shape index (κ2) is 8.40. The van der Waals surface area contributed by atoms with Crippen LogP contribution in [0, 0.1) is 0 Å². The number of ether oxygens (including phenoxy) is 2. The maximum Gasteiger partial charge on any atom is 0.335 e. The average molecular weight is 458 g/mol. The summed E-state index contributed by atoms with van der Waals surface area (Å²) in [6, 6.07) is 19.5. The summed E-state index contributed by atoms with van der Waals surface area (Å²) in [7, 11) is 1.55. The first-order chi connectivity index (χ1) is 16.0. The van der Waals surface area contributed by atoms with Gasteiger partial charge >= 0.3 is 5.97 Å². The van der Waals surface area contributed by atoms with Crippen molar-refractivity contribution in [2.24, 2.45) is 0 Å². The van der Waals surface area contributed by atoms with E-state index in [-0.39, 0.29) is 17.7 Å². The van der Waals surface area contributed by atoms with Crippen LogP contribution in [0.15, 0.2) is 71.5 Å². The maximum absolute atomic E-state index is 13.1. The smallest absolute Gasteiger partial charge is 0.335 e. The Kier molecular flexibility index (Phi) is 5.27. The predicted octanol–water partition coefficient (Wildman–Crippen LogP) is 3.74. The summed E-state index contributed by atoms with van der Waals surface area (Å²) >= 11 is 1.32. The first kappa shape index (κ1) is 20.7. The monoisotopic (exact) mass is 458 g/mol. The Bertz CT molecular complexity index is 1600. The molecule has 0 fully saturated rings. The third-order valence-corrected chi connectivity index (χ3v) is 6.21. The minimum absolute atomic E-state index is 0.137. The van der Waals surface area contributed by atoms with Crippen molar-refractivity contribution in [1.29, 1.82) is 0 Å². The number of carbonyl (C=O) groups is 1. The molecule has 0 saturated carbocycles. The molecule has 0 amide bonds. The van der Waals surface area contributed by atoms with Crippen LogP contribution in [-0.4, -0.2) is 27.6 Å². The first-order valence-electron chi connectivity index (χ1n) is 10.1. The molecular formula is C25H18N2O5S. The van der Waals surface area contributed by atoms with Crippen LogP contribution in [0.3, 0.4) is 0 Å². The molecule has 0 aliphatic carbocycles. The van der Waals surface area contributed by atoms with Crippen LogP contribution in [0.1, 0.15) is 21.5 Å². The second-order valence-electron chi connectivity index (χ2n) is 7.30. The molecule has 8 heteroatoms. The molecule has 7 nitrogen and oxygen atoms in total. The molecular weight excluding hydrogens is 440 g/mol. The number of para-hydroxylation sites is 3. The lowest BCUT2D eigenvalue weighted by Gasteiger charge is -2.13. The van der Waals surface area contributed by atoms with E-state index in [9.17, 15) is 9.59 Å². The molecule has 5 rings (SSSR count). The van der Waals surface area contributed by atoms with Crippen LogP contribution in [-0.2, 0) is 6.61 Å². The van der Waals surface area contributed by atoms with Gasteiger partial charge in [0.25, 0.3) is 5.56 Å². The summed E-state index contributed by atoms with van der Waals surface area (Å²) in [5.74, 6) is 0.0512. The molecule has 0 atom stereocenters. The van der Waals surface area contributed by atoms with Gasteiger partial charge in [-0.2, -0.15) is 0 Å². The van der Waals surface area contributed by atoms with Gasteiger partial charge in [0.05, 0.1) is 28.2 Å². The highest BCUT2D eigenvalue weighted by molar-refractivity contribution is 7.15. The quantitative estimate of drug-likeness (QED) is 0.417. The fourth-order valence-corrected chi connectivity index (χ4v) is 4.59. The summed E-state index contributed by atoms with van der Waals surface area (Å²) in [4.78, 5) is 29.4. The van der Waals surface area contributed by atoms with Gasteiger partial charge in [-0.25, -0.2) is 14.2 Å². The Hall–Kier alpha value is -4.17. The van der Waals surface area contributed by atoms with Crippen LogP contribution >= 0.6 is 11.3 Å². The normalized spacial score (nSPS) is 11.8. The van der Waals surface area contributed by atoms with Crippen LogP contribution < -0.4 is 19.6 Å². The van der Waals surface area contributed by atoms with E-state index in [1.54, 1.807) is 35.8 Å². The van der Waals surface area contributed by atoms with E-state index in [0.29, 0.717) is 26.6 Å². The van der Waals surface area contributed by atoms with Crippen molar-refractivity contribution < 1.29 is 19.4 Å². The number of imidazole rings is 1. The lowest BCUT2D eigenvalue weighted by molar-refractivity contribution is 0.0697. The number of carboxylic acid groups (broad SMARTS) is 1. The van der Waals surface area contributed by atoms with Crippen molar-refractivity contribution in [2.45, 2.75) is 6.61 Å². The highest BCUT2D eigenvalue weighted by atomic mass is 32.1. The molecule has 0 aliphatic rings. The van der Waals surface area contributed by atoms with Crippen molar-refractivity contribution >= 4 is 39.4 Å². The number of methoxy groups -OCH3 is 1. The molecule has 5 aromatic rings. The van der Waals surface area contributed by atoms with E-state index in [1.165, 1.54) is 23.5 Å². The number of aromatic nitrogens is 2. The van der Waals surface area contributed by atoms with Crippen LogP contribution in [0.2, 0.25) is 0 Å². The van der Waals surface area contributed by atoms with Crippen molar-refractivity contribution in [3.63, 3.8) is 0 Å². The largest absolute Gasteiger partial charge is 0.493 e. The number of hydrogen-bond donors (Lipinski definition) is 1. The molecule has 0 saturated heterocycles. The summed E-state index contributed by atoms with van der Waals surface area (Å²) in [5, 5.41) is 9.06. The lowest BCUT2D eigenvalue weighted by Crippen LogP contribution is -2.22. The number of nitrogens with zero attached hydrogens (tertiary/aromatic N) is 2. The van der Waals surface area contributed by atoms with Crippen molar-refractivity contribution in [3.05, 3.63) is 98.3 Å². The topological polar surface area (TPSA) is 90.1 Å². The van der Waals surface area contributed by atoms with Crippen molar-refractivity contribution in [1.82, 2.24) is 9.38 Å². The zero-order chi connectivity index (χ0) is 22.9. The lowest BCUT2D eigenvalue weighted by atomic mass is 10.1. The highest BCUT2D eigenvalue weighted by Crippen LogP contribution is 2.32. The Morgan fingerprint density at radius 3 is 2.64 bits per heavy atom. The average Bonchev–Trinajstić information content (AvgIpc) is 3.34. The Labute approximate surface area is 191 Å². The zero-order valence-electron chi connectivity index (χ0n) is 17.5. The fourth-order valence-electron chi connectivity index (χ4n) is 3.61. The van der Waals surface area contributed by atoms with E-state index in [4.69, 9.17) is 14.6 Å². The van der Waals surface area contributed by atoms with Gasteiger partial charge < -0.3 is 14.6 Å². The van der Waals surface area contributed by atoms with Crippen LogP contribution in [0.4, 0.5) is 0 Å². The highest BCUT2D eigenvalue weighted by Gasteiger charge is 2.14. The number of carboxylic acids is 1. The number of fused-ring (bicyclic) bond motifs is 3. The van der Waals surface area contributed by atoms with Crippen LogP contribution in [0.5, 0.6) is 11.5 Å². The van der Waals surface area contributed by atoms with Crippen molar-refractivity contribution in [2.75, 3.05) is 7.11 Å². The minimum atomic E-state index is -0.979. The van der Waals surface area contributed by atoms with Gasteiger partial charge in [0, 0.05) is 5.56 Å². The molecule has 1 N–H and O–H groups in total. The van der Waals surface area contributed by atoms with E-state index < -0.39 is 5.97 Å². The van der Waals surface area contributed by atoms with E-state index in [2.05, 4.69) is 4.98 Å². The Morgan fingerprint density at radius 2 is 1.88 bits per heavy atom. The number of aromatic carboxylic acids is 1. The molecule has 164 valence electrons. The Morgan fingerprint density at radius 1 is 1.09 bits per heavy atom. The van der Waals surface area contributed by atoms with Gasteiger partial charge in [-0.05, 0) is 42.0 Å². The molecule has 2 aromatic heterocycles. The number of thiazole rings is 1. The molecule has 0 unspecified atom stereocenters. The van der Waals surface area contributed by atoms with Gasteiger partial charge in [-0.15, -0.1) is 0 Å². The second-order valence-corrected chi connectivity index (χ2v) is 8.31. The summed E-state index contributed by atoms with van der Waals surface area (Å²) in [5.41, 5.74) is 3.14. The van der Waals surface area contributed by atoms with Gasteiger partial charge in [0.2, 0.25) is 0 Å². The molecule has 33 heavy (non-hydrogen) atoms. The number of rotatable bonds is 6. The maximum atomic E-state index is 13.1. The van der Waals surface area contributed by atoms with Gasteiger partial charge in [0.15, 0.2) is 16.5 Å². The van der Waals surface area contributed by atoms with Gasteiger partial charge in [0.1, 0.15) is 6.61 Å². The molecule has 0 spiro atoms. The molecule has 2 heterocycles. The van der Waals surface area contributed by atoms with E-state index >= 15 is 0 Å². The summed E-state index contributed by atoms with van der Waals surface area (Å²) in [6.07, 6.45) is 1.78. The minimum Gasteiger partial charge on any atom is -0.493 e. The first-order valence-corrected chi connectivity index (χ1v) is 10.9. The molecule has 0 bridgehead atoms. The predicted molar refractivity (Wildman–Crippen MR) is 126 cm³/mol. The molecule has 0 aliphatic heterocycles. The van der Waals surface area contributed by atoms with E-state index in [0.717, 1.165) is 16.6 Å². The summed E-state index contributed by atoms with van der Waals surface area (Å²) < 4.78 is 13.7. The molecule has 3 aromatic carbocycles. The number of benzene rings is 3. The zero-order valence-corrected chi connectivity index (χ0v) is 18.3.